The summed E-state index contributed by atoms with van der Waals surface area (Å²) in [6.45, 7) is 2.33. The van der Waals surface area contributed by atoms with Crippen LogP contribution in [0.5, 0.6) is 11.5 Å². The van der Waals surface area contributed by atoms with Crippen LogP contribution in [0.25, 0.3) is 0 Å². The Hall–Kier alpha value is -2.90. The average Bonchev–Trinajstić information content (AvgIpc) is 3.08. The van der Waals surface area contributed by atoms with Crippen molar-refractivity contribution in [2.45, 2.75) is 19.9 Å². The molecule has 0 radical (unpaired) electrons. The maximum atomic E-state index is 12.4. The molecule has 1 aromatic carbocycles. The number of hydrogen-bond acceptors (Lipinski definition) is 6. The number of rotatable bonds is 4. The van der Waals surface area contributed by atoms with E-state index in [9.17, 15) is 14.4 Å². The number of ether oxygens (including phenoxy) is 2. The van der Waals surface area contributed by atoms with Crippen molar-refractivity contribution in [2.24, 2.45) is 10.9 Å². The van der Waals surface area contributed by atoms with Gasteiger partial charge in [0.25, 0.3) is 0 Å². The molecule has 0 bridgehead atoms. The number of benzene rings is 1. The number of urea groups is 1. The van der Waals surface area contributed by atoms with Gasteiger partial charge in [-0.05, 0) is 24.1 Å². The van der Waals surface area contributed by atoms with E-state index >= 15 is 0 Å². The minimum atomic E-state index is -1.05. The van der Waals surface area contributed by atoms with Crippen LogP contribution in [0.1, 0.15) is 18.9 Å². The SMILES string of the molecule is CCC(=NCc1ccc2c(c1)OCO2)C1C(=O)N(C)C(=O)N(C)C1=O. The number of fused-ring (bicyclic) bond motifs is 1. The Kier molecular flexibility index (Phi) is 4.43. The summed E-state index contributed by atoms with van der Waals surface area (Å²) in [7, 11) is 2.73. The molecule has 0 saturated carbocycles. The molecule has 4 amide bonds. The molecule has 0 unspecified atom stereocenters. The lowest BCUT2D eigenvalue weighted by atomic mass is 9.96. The van der Waals surface area contributed by atoms with E-state index < -0.39 is 23.8 Å². The summed E-state index contributed by atoms with van der Waals surface area (Å²) in [5.41, 5.74) is 1.34. The number of carbonyl (C=O) groups excluding carboxylic acids is 3. The van der Waals surface area contributed by atoms with Gasteiger partial charge in [0.1, 0.15) is 0 Å². The van der Waals surface area contributed by atoms with E-state index in [2.05, 4.69) is 4.99 Å². The number of aliphatic imine (C=N–C) groups is 1. The van der Waals surface area contributed by atoms with Crippen molar-refractivity contribution in [2.75, 3.05) is 20.9 Å². The van der Waals surface area contributed by atoms with E-state index in [0.29, 0.717) is 30.2 Å². The van der Waals surface area contributed by atoms with Gasteiger partial charge in [0, 0.05) is 19.8 Å². The van der Waals surface area contributed by atoms with Crippen molar-refractivity contribution in [3.8, 4) is 11.5 Å². The molecule has 8 nitrogen and oxygen atoms in total. The number of hydrogen-bond donors (Lipinski definition) is 0. The van der Waals surface area contributed by atoms with E-state index in [-0.39, 0.29) is 6.79 Å². The number of amides is 4. The molecular weight excluding hydrogens is 326 g/mol. The Morgan fingerprint density at radius 3 is 2.40 bits per heavy atom. The van der Waals surface area contributed by atoms with Gasteiger partial charge in [-0.2, -0.15) is 0 Å². The van der Waals surface area contributed by atoms with Crippen LogP contribution in [0.15, 0.2) is 23.2 Å². The fourth-order valence-electron chi connectivity index (χ4n) is 2.83. The molecule has 1 fully saturated rings. The van der Waals surface area contributed by atoms with Crippen LogP contribution >= 0.6 is 0 Å². The van der Waals surface area contributed by atoms with Gasteiger partial charge in [-0.15, -0.1) is 0 Å². The number of imide groups is 2. The van der Waals surface area contributed by atoms with Gasteiger partial charge in [-0.1, -0.05) is 13.0 Å². The van der Waals surface area contributed by atoms with E-state index in [1.807, 2.05) is 19.1 Å². The summed E-state index contributed by atoms with van der Waals surface area (Å²) >= 11 is 0. The molecule has 1 saturated heterocycles. The van der Waals surface area contributed by atoms with E-state index in [4.69, 9.17) is 9.47 Å². The molecule has 0 aliphatic carbocycles. The highest BCUT2D eigenvalue weighted by atomic mass is 16.7. The predicted octanol–water partition coefficient (Wildman–Crippen LogP) is 1.43. The van der Waals surface area contributed by atoms with Crippen LogP contribution in [0.2, 0.25) is 0 Å². The van der Waals surface area contributed by atoms with Gasteiger partial charge in [0.15, 0.2) is 17.4 Å². The molecule has 2 aliphatic heterocycles. The lowest BCUT2D eigenvalue weighted by Gasteiger charge is -2.33. The summed E-state index contributed by atoms with van der Waals surface area (Å²) in [5, 5.41) is 0. The lowest BCUT2D eigenvalue weighted by Crippen LogP contribution is -2.58. The molecule has 0 N–H and O–H groups in total. The zero-order chi connectivity index (χ0) is 18.1. The van der Waals surface area contributed by atoms with Crippen molar-refractivity contribution in [3.63, 3.8) is 0 Å². The maximum Gasteiger partial charge on any atom is 0.332 e. The van der Waals surface area contributed by atoms with Crippen LogP contribution in [0, 0.1) is 5.92 Å². The lowest BCUT2D eigenvalue weighted by molar-refractivity contribution is -0.144. The third-order valence-electron chi connectivity index (χ3n) is 4.33. The van der Waals surface area contributed by atoms with Crippen LogP contribution in [-0.2, 0) is 16.1 Å². The largest absolute Gasteiger partial charge is 0.454 e. The molecule has 0 atom stereocenters. The normalized spacial score (nSPS) is 18.4. The van der Waals surface area contributed by atoms with Crippen molar-refractivity contribution in [1.29, 1.82) is 0 Å². The highest BCUT2D eigenvalue weighted by Gasteiger charge is 2.44. The number of nitrogens with zero attached hydrogens (tertiary/aromatic N) is 3. The number of barbiturate groups is 1. The molecule has 2 aliphatic rings. The minimum Gasteiger partial charge on any atom is -0.454 e. The smallest absolute Gasteiger partial charge is 0.332 e. The van der Waals surface area contributed by atoms with Gasteiger partial charge in [0.05, 0.1) is 6.54 Å². The minimum absolute atomic E-state index is 0.194. The van der Waals surface area contributed by atoms with Crippen LogP contribution in [0.3, 0.4) is 0 Å². The predicted molar refractivity (Wildman–Crippen MR) is 88.4 cm³/mol. The monoisotopic (exact) mass is 345 g/mol. The Balaban J connectivity index is 1.83. The van der Waals surface area contributed by atoms with Crippen molar-refractivity contribution >= 4 is 23.6 Å². The van der Waals surface area contributed by atoms with Gasteiger partial charge in [-0.25, -0.2) is 4.79 Å². The van der Waals surface area contributed by atoms with E-state index in [1.54, 1.807) is 6.07 Å². The summed E-state index contributed by atoms with van der Waals surface area (Å²) in [6, 6.07) is 4.86. The highest BCUT2D eigenvalue weighted by Crippen LogP contribution is 2.32. The molecule has 132 valence electrons. The maximum absolute atomic E-state index is 12.4. The molecule has 2 heterocycles. The first-order valence-electron chi connectivity index (χ1n) is 7.94. The van der Waals surface area contributed by atoms with Crippen molar-refractivity contribution in [3.05, 3.63) is 23.8 Å². The zero-order valence-corrected chi connectivity index (χ0v) is 14.3. The first kappa shape index (κ1) is 16.9. The zero-order valence-electron chi connectivity index (χ0n) is 14.3. The molecular formula is C17H19N3O5. The van der Waals surface area contributed by atoms with Crippen molar-refractivity contribution < 1.29 is 23.9 Å². The topological polar surface area (TPSA) is 88.5 Å². The fourth-order valence-corrected chi connectivity index (χ4v) is 2.83. The molecule has 0 spiro atoms. The Morgan fingerprint density at radius 1 is 1.12 bits per heavy atom. The second-order valence-corrected chi connectivity index (χ2v) is 5.86. The second kappa shape index (κ2) is 6.54. The summed E-state index contributed by atoms with van der Waals surface area (Å²) in [5.74, 6) is -0.797. The van der Waals surface area contributed by atoms with E-state index in [0.717, 1.165) is 15.4 Å². The highest BCUT2D eigenvalue weighted by molar-refractivity contribution is 6.27. The van der Waals surface area contributed by atoms with E-state index in [1.165, 1.54) is 14.1 Å². The van der Waals surface area contributed by atoms with Crippen LogP contribution in [0.4, 0.5) is 4.79 Å². The summed E-state index contributed by atoms with van der Waals surface area (Å²) in [6.07, 6.45) is 0.433. The third kappa shape index (κ3) is 2.95. The van der Waals surface area contributed by atoms with Crippen LogP contribution < -0.4 is 9.47 Å². The van der Waals surface area contributed by atoms with Gasteiger partial charge >= 0.3 is 6.03 Å². The quantitative estimate of drug-likeness (QED) is 0.608. The molecule has 25 heavy (non-hydrogen) atoms. The molecule has 8 heteroatoms. The van der Waals surface area contributed by atoms with Crippen LogP contribution in [-0.4, -0.2) is 54.2 Å². The third-order valence-corrected chi connectivity index (χ3v) is 4.33. The second-order valence-electron chi connectivity index (χ2n) is 5.86. The molecule has 0 aromatic heterocycles. The number of carbonyl (C=O) groups is 3. The Labute approximate surface area is 145 Å². The average molecular weight is 345 g/mol. The first-order chi connectivity index (χ1) is 11.9. The van der Waals surface area contributed by atoms with Gasteiger partial charge in [-0.3, -0.25) is 24.4 Å². The van der Waals surface area contributed by atoms with Gasteiger partial charge < -0.3 is 9.47 Å². The molecule has 1 aromatic rings. The van der Waals surface area contributed by atoms with Crippen molar-refractivity contribution in [1.82, 2.24) is 9.80 Å². The Morgan fingerprint density at radius 2 is 1.76 bits per heavy atom. The summed E-state index contributed by atoms with van der Waals surface area (Å²) < 4.78 is 10.6. The first-order valence-corrected chi connectivity index (χ1v) is 7.94. The summed E-state index contributed by atoms with van der Waals surface area (Å²) in [4.78, 5) is 43.0. The van der Waals surface area contributed by atoms with Gasteiger partial charge in [0.2, 0.25) is 18.6 Å². The molecule has 3 rings (SSSR count). The fraction of sp³-hybridized carbons (Fsp3) is 0.412. The Bertz CT molecular complexity index is 750. The standard InChI is InChI=1S/C17H19N3O5/c1-4-11(14-15(21)19(2)17(23)20(3)16(14)22)18-8-10-5-6-12-13(7-10)25-9-24-12/h5-7,14H,4,8-9H2,1-3H3.